The number of esters is 1. The van der Waals surface area contributed by atoms with Crippen LogP contribution in [0.25, 0.3) is 0 Å². The Hall–Kier alpha value is -1.31. The molecule has 0 saturated carbocycles. The van der Waals surface area contributed by atoms with Gasteiger partial charge in [-0.3, -0.25) is 4.79 Å². The molecule has 2 nitrogen and oxygen atoms in total. The molecule has 0 amide bonds. The quantitative estimate of drug-likeness (QED) is 0.112. The lowest BCUT2D eigenvalue weighted by molar-refractivity contribution is -0.154. The Morgan fingerprint density at radius 3 is 1.90 bits per heavy atom. The molecule has 174 valence electrons. The fourth-order valence-electron chi connectivity index (χ4n) is 3.49. The molecule has 2 heteroatoms. The van der Waals surface area contributed by atoms with Crippen LogP contribution in [0.15, 0.2) is 36.5 Å². The first-order chi connectivity index (χ1) is 14.4. The summed E-state index contributed by atoms with van der Waals surface area (Å²) in [5, 5.41) is 0. The lowest BCUT2D eigenvalue weighted by atomic mass is 9.99. The molecule has 0 aliphatic rings. The molecule has 0 fully saturated rings. The molecule has 0 heterocycles. The van der Waals surface area contributed by atoms with Gasteiger partial charge in [0.1, 0.15) is 5.60 Å². The van der Waals surface area contributed by atoms with Crippen molar-refractivity contribution in [3.8, 4) is 0 Å². The molecule has 0 aromatic heterocycles. The minimum atomic E-state index is -0.551. The molecule has 0 bridgehead atoms. The Balaban J connectivity index is 3.62. The summed E-state index contributed by atoms with van der Waals surface area (Å²) in [7, 11) is 0. The van der Waals surface area contributed by atoms with Crippen LogP contribution in [0.3, 0.4) is 0 Å². The Labute approximate surface area is 188 Å². The van der Waals surface area contributed by atoms with E-state index < -0.39 is 5.60 Å². The zero-order valence-electron chi connectivity index (χ0n) is 20.6. The average Bonchev–Trinajstić information content (AvgIpc) is 2.70. The molecule has 0 aliphatic carbocycles. The van der Waals surface area contributed by atoms with Crippen molar-refractivity contribution >= 4 is 5.97 Å². The van der Waals surface area contributed by atoms with E-state index in [4.69, 9.17) is 4.74 Å². The number of unbranched alkanes of at least 4 members (excludes halogenated alkanes) is 11. The Bertz CT molecular complexity index is 485. The Morgan fingerprint density at radius 1 is 0.833 bits per heavy atom. The van der Waals surface area contributed by atoms with Gasteiger partial charge >= 0.3 is 5.97 Å². The molecule has 0 spiro atoms. The van der Waals surface area contributed by atoms with Gasteiger partial charge in [-0.05, 0) is 71.8 Å². The van der Waals surface area contributed by atoms with E-state index in [0.717, 1.165) is 25.7 Å². The van der Waals surface area contributed by atoms with Gasteiger partial charge in [0.2, 0.25) is 0 Å². The van der Waals surface area contributed by atoms with E-state index >= 15 is 0 Å². The number of hydrogen-bond acceptors (Lipinski definition) is 2. The number of allylic oxidation sites excluding steroid dienone is 4. The summed E-state index contributed by atoms with van der Waals surface area (Å²) in [6.07, 6.45) is 27.3. The maximum atomic E-state index is 12.2. The van der Waals surface area contributed by atoms with Gasteiger partial charge in [0.05, 0.1) is 0 Å². The van der Waals surface area contributed by atoms with Crippen LogP contribution in [0.4, 0.5) is 0 Å². The van der Waals surface area contributed by atoms with Crippen molar-refractivity contribution in [3.63, 3.8) is 0 Å². The van der Waals surface area contributed by atoms with Crippen LogP contribution < -0.4 is 0 Å². The lowest BCUT2D eigenvalue weighted by Crippen LogP contribution is -2.29. The van der Waals surface area contributed by atoms with Gasteiger partial charge < -0.3 is 4.74 Å². The first kappa shape index (κ1) is 28.7. The fraction of sp³-hybridized carbons (Fsp3) is 0.750. The number of carbonyl (C=O) groups is 1. The van der Waals surface area contributed by atoms with E-state index in [9.17, 15) is 4.79 Å². The maximum absolute atomic E-state index is 12.2. The summed E-state index contributed by atoms with van der Waals surface area (Å²) in [4.78, 5) is 12.2. The largest absolute Gasteiger partial charge is 0.455 e. The third-order valence-corrected chi connectivity index (χ3v) is 5.61. The van der Waals surface area contributed by atoms with Crippen molar-refractivity contribution in [2.24, 2.45) is 0 Å². The molecule has 0 aromatic rings. The fourth-order valence-corrected chi connectivity index (χ4v) is 3.49. The molecule has 0 saturated heterocycles. The zero-order valence-corrected chi connectivity index (χ0v) is 20.6. The highest BCUT2D eigenvalue weighted by molar-refractivity contribution is 5.70. The SMILES string of the molecule is C=CC(C)(CCC=C(C)C)OC(=O)CCCCCCCC=CCCCCCCCC. The summed E-state index contributed by atoms with van der Waals surface area (Å²) in [5.41, 5.74) is 0.742. The normalized spacial score (nSPS) is 13.2. The summed E-state index contributed by atoms with van der Waals surface area (Å²) in [6, 6.07) is 0. The zero-order chi connectivity index (χ0) is 22.5. The number of hydrogen-bond donors (Lipinski definition) is 0. The summed E-state index contributed by atoms with van der Waals surface area (Å²) < 4.78 is 5.69. The van der Waals surface area contributed by atoms with Gasteiger partial charge in [0.25, 0.3) is 0 Å². The molecule has 0 aliphatic heterocycles. The number of carbonyl (C=O) groups excluding carboxylic acids is 1. The van der Waals surface area contributed by atoms with Crippen LogP contribution in [-0.4, -0.2) is 11.6 Å². The van der Waals surface area contributed by atoms with E-state index in [1.54, 1.807) is 6.08 Å². The van der Waals surface area contributed by atoms with E-state index in [1.807, 2.05) is 6.92 Å². The minimum absolute atomic E-state index is 0.0905. The summed E-state index contributed by atoms with van der Waals surface area (Å²) in [5.74, 6) is -0.0905. The van der Waals surface area contributed by atoms with Crippen LogP contribution in [0.2, 0.25) is 0 Å². The van der Waals surface area contributed by atoms with Crippen molar-refractivity contribution in [1.29, 1.82) is 0 Å². The third-order valence-electron chi connectivity index (χ3n) is 5.61. The van der Waals surface area contributed by atoms with Crippen LogP contribution in [0, 0.1) is 0 Å². The Kier molecular flexibility index (Phi) is 18.8. The molecular formula is C28H50O2. The van der Waals surface area contributed by atoms with Gasteiger partial charge in [-0.25, -0.2) is 0 Å². The van der Waals surface area contributed by atoms with E-state index in [1.165, 1.54) is 76.2 Å². The highest BCUT2D eigenvalue weighted by Gasteiger charge is 2.23. The van der Waals surface area contributed by atoms with Crippen molar-refractivity contribution in [3.05, 3.63) is 36.5 Å². The van der Waals surface area contributed by atoms with Crippen molar-refractivity contribution in [2.75, 3.05) is 0 Å². The topological polar surface area (TPSA) is 26.3 Å². The molecular weight excluding hydrogens is 368 g/mol. The molecule has 1 atom stereocenters. The first-order valence-corrected chi connectivity index (χ1v) is 12.6. The van der Waals surface area contributed by atoms with Crippen LogP contribution >= 0.6 is 0 Å². The third kappa shape index (κ3) is 18.7. The van der Waals surface area contributed by atoms with Gasteiger partial charge in [-0.1, -0.05) is 88.7 Å². The Morgan fingerprint density at radius 2 is 1.37 bits per heavy atom. The van der Waals surface area contributed by atoms with Gasteiger partial charge in [-0.2, -0.15) is 0 Å². The lowest BCUT2D eigenvalue weighted by Gasteiger charge is -2.25. The summed E-state index contributed by atoms with van der Waals surface area (Å²) >= 11 is 0. The second kappa shape index (κ2) is 19.6. The van der Waals surface area contributed by atoms with Crippen molar-refractivity contribution in [1.82, 2.24) is 0 Å². The molecule has 0 N–H and O–H groups in total. The van der Waals surface area contributed by atoms with E-state index in [-0.39, 0.29) is 5.97 Å². The van der Waals surface area contributed by atoms with Crippen LogP contribution in [-0.2, 0) is 9.53 Å². The van der Waals surface area contributed by atoms with E-state index in [0.29, 0.717) is 6.42 Å². The predicted octanol–water partition coefficient (Wildman–Crippen LogP) is 9.26. The molecule has 0 radical (unpaired) electrons. The van der Waals surface area contributed by atoms with Crippen LogP contribution in [0.1, 0.15) is 130 Å². The number of ether oxygens (including phenoxy) is 1. The van der Waals surface area contributed by atoms with Gasteiger partial charge in [-0.15, -0.1) is 0 Å². The van der Waals surface area contributed by atoms with E-state index in [2.05, 4.69) is 45.6 Å². The highest BCUT2D eigenvalue weighted by atomic mass is 16.6. The monoisotopic (exact) mass is 418 g/mol. The average molecular weight is 419 g/mol. The molecule has 0 rings (SSSR count). The molecule has 0 aromatic carbocycles. The first-order valence-electron chi connectivity index (χ1n) is 12.6. The summed E-state index contributed by atoms with van der Waals surface area (Å²) in [6.45, 7) is 12.3. The standard InChI is InChI=1S/C28H50O2/c1-6-8-9-10-11-12-13-14-15-16-17-18-19-20-21-24-27(29)30-28(5,7-2)25-22-23-26(3)4/h7,14-15,23H,2,6,8-13,16-22,24-25H2,1,3-5H3. The predicted molar refractivity (Wildman–Crippen MR) is 133 cm³/mol. The maximum Gasteiger partial charge on any atom is 0.306 e. The smallest absolute Gasteiger partial charge is 0.306 e. The van der Waals surface area contributed by atoms with Crippen molar-refractivity contribution in [2.45, 2.75) is 136 Å². The minimum Gasteiger partial charge on any atom is -0.455 e. The molecule has 1 unspecified atom stereocenters. The number of rotatable bonds is 20. The highest BCUT2D eigenvalue weighted by Crippen LogP contribution is 2.21. The van der Waals surface area contributed by atoms with Gasteiger partial charge in [0.15, 0.2) is 0 Å². The molecule has 30 heavy (non-hydrogen) atoms. The van der Waals surface area contributed by atoms with Crippen LogP contribution in [0.5, 0.6) is 0 Å². The second-order valence-corrected chi connectivity index (χ2v) is 9.15. The van der Waals surface area contributed by atoms with Gasteiger partial charge in [0, 0.05) is 6.42 Å². The van der Waals surface area contributed by atoms with Crippen molar-refractivity contribution < 1.29 is 9.53 Å². The second-order valence-electron chi connectivity index (χ2n) is 9.15.